The molecule has 1 N–H and O–H groups in total. The second-order valence-electron chi connectivity index (χ2n) is 6.24. The molecule has 0 spiro atoms. The van der Waals surface area contributed by atoms with Crippen molar-refractivity contribution in [1.29, 1.82) is 0 Å². The van der Waals surface area contributed by atoms with Gasteiger partial charge < -0.3 is 4.42 Å². The van der Waals surface area contributed by atoms with Crippen molar-refractivity contribution in [3.05, 3.63) is 71.6 Å². The van der Waals surface area contributed by atoms with Gasteiger partial charge in [0, 0.05) is 5.56 Å². The molecule has 140 valence electrons. The molecule has 0 atom stereocenters. The number of hydrogen-bond acceptors (Lipinski definition) is 6. The summed E-state index contributed by atoms with van der Waals surface area (Å²) in [4.78, 5) is 12.5. The van der Waals surface area contributed by atoms with Crippen molar-refractivity contribution >= 4 is 21.8 Å². The minimum Gasteiger partial charge on any atom is -0.407 e. The summed E-state index contributed by atoms with van der Waals surface area (Å²) in [6, 6.07) is 15.4. The molecule has 0 saturated carbocycles. The molecular weight excluding hydrogens is 366 g/mol. The van der Waals surface area contributed by atoms with E-state index in [1.165, 1.54) is 24.3 Å². The molecule has 2 aromatic carbocycles. The standard InChI is InChI=1S/C19H19N3O4S/c1-13(2)27(24,25)16-10-6-9-15(12-16)18(23)20-19-22-21-17(26-19)11-14-7-4-3-5-8-14/h3-10,12-13H,11H2,1-2H3,(H,20,22,23). The third-order valence-electron chi connectivity index (χ3n) is 3.93. The van der Waals surface area contributed by atoms with Gasteiger partial charge in [0.2, 0.25) is 5.89 Å². The fourth-order valence-corrected chi connectivity index (χ4v) is 3.51. The number of anilines is 1. The molecule has 0 radical (unpaired) electrons. The quantitative estimate of drug-likeness (QED) is 0.699. The molecule has 0 aliphatic carbocycles. The summed E-state index contributed by atoms with van der Waals surface area (Å²) < 4.78 is 30.0. The lowest BCUT2D eigenvalue weighted by Gasteiger charge is -2.09. The minimum atomic E-state index is -3.47. The molecule has 3 aromatic rings. The third kappa shape index (κ3) is 4.40. The number of amides is 1. The van der Waals surface area contributed by atoms with Crippen LogP contribution in [-0.2, 0) is 16.3 Å². The minimum absolute atomic E-state index is 0.0388. The summed E-state index contributed by atoms with van der Waals surface area (Å²) in [5, 5.41) is 9.64. The van der Waals surface area contributed by atoms with Gasteiger partial charge in [-0.15, -0.1) is 5.10 Å². The first-order chi connectivity index (χ1) is 12.9. The van der Waals surface area contributed by atoms with Crippen LogP contribution in [0.15, 0.2) is 63.9 Å². The van der Waals surface area contributed by atoms with Crippen LogP contribution >= 0.6 is 0 Å². The van der Waals surface area contributed by atoms with E-state index in [9.17, 15) is 13.2 Å². The average Bonchev–Trinajstić information content (AvgIpc) is 3.09. The van der Waals surface area contributed by atoms with Crippen LogP contribution in [0.2, 0.25) is 0 Å². The third-order valence-corrected chi connectivity index (χ3v) is 6.08. The largest absolute Gasteiger partial charge is 0.407 e. The van der Waals surface area contributed by atoms with Gasteiger partial charge in [-0.25, -0.2) is 8.42 Å². The molecule has 1 aromatic heterocycles. The number of nitrogens with one attached hydrogen (secondary N) is 1. The Hall–Kier alpha value is -3.00. The second-order valence-corrected chi connectivity index (χ2v) is 8.74. The van der Waals surface area contributed by atoms with Crippen LogP contribution in [0.4, 0.5) is 6.01 Å². The van der Waals surface area contributed by atoms with E-state index in [2.05, 4.69) is 15.5 Å². The van der Waals surface area contributed by atoms with Gasteiger partial charge in [-0.05, 0) is 37.6 Å². The highest BCUT2D eigenvalue weighted by atomic mass is 32.2. The summed E-state index contributed by atoms with van der Waals surface area (Å²) >= 11 is 0. The van der Waals surface area contributed by atoms with Crippen molar-refractivity contribution in [3.8, 4) is 0 Å². The summed E-state index contributed by atoms with van der Waals surface area (Å²) in [6.07, 6.45) is 0.450. The molecule has 0 aliphatic heterocycles. The molecule has 0 fully saturated rings. The first kappa shape index (κ1) is 18.8. The zero-order valence-electron chi connectivity index (χ0n) is 14.9. The van der Waals surface area contributed by atoms with E-state index >= 15 is 0 Å². The Morgan fingerprint density at radius 2 is 1.81 bits per heavy atom. The lowest BCUT2D eigenvalue weighted by molar-refractivity contribution is 0.102. The van der Waals surface area contributed by atoms with Crippen LogP contribution in [0.1, 0.15) is 35.7 Å². The average molecular weight is 385 g/mol. The van der Waals surface area contributed by atoms with Crippen molar-refractivity contribution in [2.24, 2.45) is 0 Å². The fourth-order valence-electron chi connectivity index (χ4n) is 2.40. The molecule has 0 aliphatic rings. The predicted molar refractivity (Wildman–Crippen MR) is 100 cm³/mol. The number of benzene rings is 2. The van der Waals surface area contributed by atoms with Crippen LogP contribution in [0.25, 0.3) is 0 Å². The zero-order chi connectivity index (χ0) is 19.4. The first-order valence-electron chi connectivity index (χ1n) is 8.38. The van der Waals surface area contributed by atoms with Crippen molar-refractivity contribution in [1.82, 2.24) is 10.2 Å². The van der Waals surface area contributed by atoms with Crippen LogP contribution < -0.4 is 5.32 Å². The maximum atomic E-state index is 12.4. The van der Waals surface area contributed by atoms with E-state index in [1.54, 1.807) is 13.8 Å². The van der Waals surface area contributed by atoms with Crippen LogP contribution in [0, 0.1) is 0 Å². The van der Waals surface area contributed by atoms with Gasteiger partial charge in [0.1, 0.15) is 0 Å². The highest BCUT2D eigenvalue weighted by Crippen LogP contribution is 2.18. The number of carbonyl (C=O) groups is 1. The summed E-state index contributed by atoms with van der Waals surface area (Å²) in [5.74, 6) is -0.154. The van der Waals surface area contributed by atoms with Crippen LogP contribution in [0.3, 0.4) is 0 Å². The Bertz CT molecular complexity index is 1040. The molecular formula is C19H19N3O4S. The van der Waals surface area contributed by atoms with Gasteiger partial charge in [-0.1, -0.05) is 41.5 Å². The Balaban J connectivity index is 1.73. The van der Waals surface area contributed by atoms with Gasteiger partial charge in [-0.2, -0.15) is 0 Å². The van der Waals surface area contributed by atoms with Crippen LogP contribution in [0.5, 0.6) is 0 Å². The smallest absolute Gasteiger partial charge is 0.322 e. The number of rotatable bonds is 6. The lowest BCUT2D eigenvalue weighted by Crippen LogP contribution is -2.16. The molecule has 1 heterocycles. The number of nitrogens with zero attached hydrogens (tertiary/aromatic N) is 2. The lowest BCUT2D eigenvalue weighted by atomic mass is 10.2. The van der Waals surface area contributed by atoms with Crippen molar-refractivity contribution in [3.63, 3.8) is 0 Å². The highest BCUT2D eigenvalue weighted by Gasteiger charge is 2.21. The van der Waals surface area contributed by atoms with Gasteiger partial charge in [0.05, 0.1) is 16.6 Å². The maximum absolute atomic E-state index is 12.4. The van der Waals surface area contributed by atoms with Crippen molar-refractivity contribution < 1.29 is 17.6 Å². The first-order valence-corrected chi connectivity index (χ1v) is 9.92. The Morgan fingerprint density at radius 1 is 1.07 bits per heavy atom. The van der Waals surface area contributed by atoms with Gasteiger partial charge in [-0.3, -0.25) is 10.1 Å². The zero-order valence-corrected chi connectivity index (χ0v) is 15.7. The van der Waals surface area contributed by atoms with E-state index in [0.717, 1.165) is 5.56 Å². The van der Waals surface area contributed by atoms with E-state index in [0.29, 0.717) is 12.3 Å². The normalized spacial score (nSPS) is 11.5. The molecule has 0 saturated heterocycles. The fraction of sp³-hybridized carbons (Fsp3) is 0.211. The predicted octanol–water partition coefficient (Wildman–Crippen LogP) is 3.09. The summed E-state index contributed by atoms with van der Waals surface area (Å²) in [5.41, 5.74) is 1.20. The van der Waals surface area contributed by atoms with Crippen molar-refractivity contribution in [2.45, 2.75) is 30.4 Å². The highest BCUT2D eigenvalue weighted by molar-refractivity contribution is 7.92. The molecule has 1 amide bonds. The number of carbonyl (C=O) groups excluding carboxylic acids is 1. The number of hydrogen-bond donors (Lipinski definition) is 1. The molecule has 7 nitrogen and oxygen atoms in total. The molecule has 3 rings (SSSR count). The molecule has 27 heavy (non-hydrogen) atoms. The topological polar surface area (TPSA) is 102 Å². The van der Waals surface area contributed by atoms with Crippen LogP contribution in [-0.4, -0.2) is 29.8 Å². The maximum Gasteiger partial charge on any atom is 0.322 e. The Kier molecular flexibility index (Phi) is 5.36. The van der Waals surface area contributed by atoms with Gasteiger partial charge >= 0.3 is 6.01 Å². The van der Waals surface area contributed by atoms with Gasteiger partial charge in [0.15, 0.2) is 9.84 Å². The molecule has 8 heteroatoms. The van der Waals surface area contributed by atoms with E-state index in [-0.39, 0.29) is 16.5 Å². The monoisotopic (exact) mass is 385 g/mol. The van der Waals surface area contributed by atoms with E-state index in [4.69, 9.17) is 4.42 Å². The molecule has 0 bridgehead atoms. The van der Waals surface area contributed by atoms with E-state index in [1.807, 2.05) is 30.3 Å². The summed E-state index contributed by atoms with van der Waals surface area (Å²) in [6.45, 7) is 3.18. The van der Waals surface area contributed by atoms with Gasteiger partial charge in [0.25, 0.3) is 5.91 Å². The van der Waals surface area contributed by atoms with E-state index < -0.39 is 21.0 Å². The van der Waals surface area contributed by atoms with Crippen molar-refractivity contribution in [2.75, 3.05) is 5.32 Å². The second kappa shape index (κ2) is 7.71. The Labute approximate surface area is 157 Å². The summed E-state index contributed by atoms with van der Waals surface area (Å²) in [7, 11) is -3.47. The SMILES string of the molecule is CC(C)S(=O)(=O)c1cccc(C(=O)Nc2nnc(Cc3ccccc3)o2)c1. The number of sulfone groups is 1. The number of aromatic nitrogens is 2. The molecule has 0 unspecified atom stereocenters. The Morgan fingerprint density at radius 3 is 2.52 bits per heavy atom.